The number of halogens is 1. The van der Waals surface area contributed by atoms with Crippen LogP contribution in [-0.4, -0.2) is 5.11 Å². The van der Waals surface area contributed by atoms with Crippen LogP contribution in [0.4, 0.5) is 0 Å². The van der Waals surface area contributed by atoms with Gasteiger partial charge in [-0.25, -0.2) is 5.90 Å². The van der Waals surface area contributed by atoms with Gasteiger partial charge in [0.1, 0.15) is 5.75 Å². The van der Waals surface area contributed by atoms with Gasteiger partial charge in [-0.2, -0.15) is 0 Å². The molecule has 0 amide bonds. The van der Waals surface area contributed by atoms with Crippen molar-refractivity contribution < 1.29 is 9.94 Å². The van der Waals surface area contributed by atoms with Crippen molar-refractivity contribution in [2.45, 2.75) is 20.5 Å². The number of nitrogens with two attached hydrogens (primary N) is 1. The minimum atomic E-state index is 0.207. The fraction of sp³-hybridized carbons (Fsp3) is 0.333. The lowest BCUT2D eigenvalue weighted by Gasteiger charge is -2.10. The van der Waals surface area contributed by atoms with Gasteiger partial charge in [-0.1, -0.05) is 11.6 Å². The van der Waals surface area contributed by atoms with Crippen molar-refractivity contribution in [3.8, 4) is 5.75 Å². The molecule has 0 aliphatic rings. The molecule has 0 aromatic heterocycles. The topological polar surface area (TPSA) is 55.5 Å². The van der Waals surface area contributed by atoms with E-state index in [0.29, 0.717) is 5.02 Å². The van der Waals surface area contributed by atoms with Crippen LogP contribution in [0.25, 0.3) is 0 Å². The molecule has 4 heteroatoms. The molecule has 3 N–H and O–H groups in total. The Labute approximate surface area is 82.0 Å². The van der Waals surface area contributed by atoms with Gasteiger partial charge in [-0.15, -0.1) is 0 Å². The number of aromatic hydroxyl groups is 1. The molecule has 3 nitrogen and oxygen atoms in total. The van der Waals surface area contributed by atoms with Crippen LogP contribution in [0, 0.1) is 13.8 Å². The van der Waals surface area contributed by atoms with Crippen molar-refractivity contribution in [2.75, 3.05) is 0 Å². The van der Waals surface area contributed by atoms with Crippen LogP contribution in [0.2, 0.25) is 5.02 Å². The molecule has 0 aliphatic carbocycles. The van der Waals surface area contributed by atoms with Gasteiger partial charge >= 0.3 is 0 Å². The van der Waals surface area contributed by atoms with Gasteiger partial charge in [0.2, 0.25) is 0 Å². The number of hydrogen-bond acceptors (Lipinski definition) is 3. The van der Waals surface area contributed by atoms with Gasteiger partial charge in [0, 0.05) is 10.6 Å². The molecule has 0 bridgehead atoms. The molecule has 0 radical (unpaired) electrons. The highest BCUT2D eigenvalue weighted by atomic mass is 35.5. The maximum Gasteiger partial charge on any atom is 0.121 e. The van der Waals surface area contributed by atoms with Gasteiger partial charge in [0.05, 0.1) is 6.61 Å². The van der Waals surface area contributed by atoms with Crippen LogP contribution in [0.5, 0.6) is 5.75 Å². The fourth-order valence-electron chi connectivity index (χ4n) is 1.22. The molecular formula is C9H12ClNO2. The predicted octanol–water partition coefficient (Wildman–Crippen LogP) is 2.05. The lowest BCUT2D eigenvalue weighted by Crippen LogP contribution is -2.02. The Morgan fingerprint density at radius 1 is 1.54 bits per heavy atom. The Morgan fingerprint density at radius 3 is 2.69 bits per heavy atom. The second kappa shape index (κ2) is 3.96. The summed E-state index contributed by atoms with van der Waals surface area (Å²) in [5.74, 6) is 5.19. The van der Waals surface area contributed by atoms with E-state index in [1.165, 1.54) is 0 Å². The molecule has 0 aliphatic heterocycles. The second-order valence-corrected chi connectivity index (χ2v) is 3.35. The normalized spacial score (nSPS) is 10.5. The van der Waals surface area contributed by atoms with Gasteiger partial charge < -0.3 is 5.11 Å². The van der Waals surface area contributed by atoms with Crippen LogP contribution in [0.1, 0.15) is 16.7 Å². The zero-order valence-electron chi connectivity index (χ0n) is 7.60. The van der Waals surface area contributed by atoms with Crippen molar-refractivity contribution in [1.29, 1.82) is 0 Å². The fourth-order valence-corrected chi connectivity index (χ4v) is 1.58. The molecule has 72 valence electrons. The highest BCUT2D eigenvalue weighted by Crippen LogP contribution is 2.31. The number of phenolic OH excluding ortho intramolecular Hbond substituents is 1. The predicted molar refractivity (Wildman–Crippen MR) is 51.6 cm³/mol. The van der Waals surface area contributed by atoms with Gasteiger partial charge in [0.15, 0.2) is 0 Å². The summed E-state index contributed by atoms with van der Waals surface area (Å²) in [4.78, 5) is 4.49. The zero-order valence-corrected chi connectivity index (χ0v) is 8.35. The monoisotopic (exact) mass is 201 g/mol. The quantitative estimate of drug-likeness (QED) is 0.721. The van der Waals surface area contributed by atoms with Crippen molar-refractivity contribution in [3.05, 3.63) is 27.8 Å². The third-order valence-corrected chi connectivity index (χ3v) is 2.38. The first kappa shape index (κ1) is 10.3. The molecule has 13 heavy (non-hydrogen) atoms. The van der Waals surface area contributed by atoms with E-state index in [-0.39, 0.29) is 12.4 Å². The summed E-state index contributed by atoms with van der Waals surface area (Å²) < 4.78 is 0. The molecule has 0 saturated heterocycles. The minimum absolute atomic E-state index is 0.207. The largest absolute Gasteiger partial charge is 0.507 e. The maximum absolute atomic E-state index is 9.58. The lowest BCUT2D eigenvalue weighted by molar-refractivity contribution is 0.123. The average Bonchev–Trinajstić information content (AvgIpc) is 2.09. The Bertz CT molecular complexity index is 326. The van der Waals surface area contributed by atoms with E-state index < -0.39 is 0 Å². The van der Waals surface area contributed by atoms with E-state index in [2.05, 4.69) is 4.84 Å². The summed E-state index contributed by atoms with van der Waals surface area (Å²) in [6, 6.07) is 1.69. The summed E-state index contributed by atoms with van der Waals surface area (Å²) in [5.41, 5.74) is 2.20. The number of hydrogen-bond donors (Lipinski definition) is 2. The molecular weight excluding hydrogens is 190 g/mol. The molecule has 1 rings (SSSR count). The first-order valence-corrected chi connectivity index (χ1v) is 4.25. The summed E-state index contributed by atoms with van der Waals surface area (Å²) >= 11 is 5.94. The first-order valence-electron chi connectivity index (χ1n) is 3.87. The van der Waals surface area contributed by atoms with Crippen molar-refractivity contribution >= 4 is 11.6 Å². The molecule has 0 heterocycles. The van der Waals surface area contributed by atoms with Crippen LogP contribution in [0.15, 0.2) is 6.07 Å². The van der Waals surface area contributed by atoms with E-state index in [0.717, 1.165) is 16.7 Å². The summed E-state index contributed by atoms with van der Waals surface area (Å²) in [7, 11) is 0. The average molecular weight is 202 g/mol. The van der Waals surface area contributed by atoms with Crippen LogP contribution in [0.3, 0.4) is 0 Å². The van der Waals surface area contributed by atoms with E-state index in [9.17, 15) is 5.11 Å². The third kappa shape index (κ3) is 1.94. The van der Waals surface area contributed by atoms with Gasteiger partial charge in [-0.05, 0) is 31.0 Å². The van der Waals surface area contributed by atoms with Crippen LogP contribution in [-0.2, 0) is 11.4 Å². The van der Waals surface area contributed by atoms with Crippen molar-refractivity contribution in [3.63, 3.8) is 0 Å². The molecule has 0 atom stereocenters. The van der Waals surface area contributed by atoms with E-state index in [1.807, 2.05) is 0 Å². The summed E-state index contributed by atoms with van der Waals surface area (Å²) in [6.07, 6.45) is 0. The molecule has 0 fully saturated rings. The number of aryl methyl sites for hydroxylation is 1. The first-order chi connectivity index (χ1) is 6.07. The standard InChI is InChI=1S/C9H12ClNO2/c1-5-3-8(10)7(4-13-11)6(2)9(5)12/h3,12H,4,11H2,1-2H3. The smallest absolute Gasteiger partial charge is 0.121 e. The van der Waals surface area contributed by atoms with Crippen LogP contribution < -0.4 is 5.90 Å². The second-order valence-electron chi connectivity index (χ2n) is 2.94. The molecule has 1 aromatic carbocycles. The number of phenols is 1. The van der Waals surface area contributed by atoms with E-state index in [1.54, 1.807) is 19.9 Å². The van der Waals surface area contributed by atoms with Gasteiger partial charge in [-0.3, -0.25) is 4.84 Å². The molecule has 0 saturated carbocycles. The number of rotatable bonds is 2. The van der Waals surface area contributed by atoms with Crippen molar-refractivity contribution in [2.24, 2.45) is 5.90 Å². The SMILES string of the molecule is Cc1cc(Cl)c(CON)c(C)c1O. The highest BCUT2D eigenvalue weighted by molar-refractivity contribution is 6.31. The Balaban J connectivity index is 3.26. The van der Waals surface area contributed by atoms with Crippen LogP contribution >= 0.6 is 11.6 Å². The van der Waals surface area contributed by atoms with Gasteiger partial charge in [0.25, 0.3) is 0 Å². The molecule has 1 aromatic rings. The summed E-state index contributed by atoms with van der Waals surface area (Å²) in [6.45, 7) is 3.78. The highest BCUT2D eigenvalue weighted by Gasteiger charge is 2.10. The molecule has 0 unspecified atom stereocenters. The Hall–Kier alpha value is -0.770. The molecule has 0 spiro atoms. The third-order valence-electron chi connectivity index (χ3n) is 2.04. The van der Waals surface area contributed by atoms with E-state index >= 15 is 0 Å². The maximum atomic E-state index is 9.58. The summed E-state index contributed by atoms with van der Waals surface area (Å²) in [5, 5.41) is 10.2. The number of benzene rings is 1. The Morgan fingerprint density at radius 2 is 2.15 bits per heavy atom. The van der Waals surface area contributed by atoms with E-state index in [4.69, 9.17) is 17.5 Å². The lowest BCUT2D eigenvalue weighted by atomic mass is 10.0. The Kier molecular flexibility index (Phi) is 3.14. The zero-order chi connectivity index (χ0) is 10.0. The van der Waals surface area contributed by atoms with Crippen molar-refractivity contribution in [1.82, 2.24) is 0 Å². The minimum Gasteiger partial charge on any atom is -0.507 e.